The summed E-state index contributed by atoms with van der Waals surface area (Å²) in [5.74, 6) is 1.59. The molecule has 0 radical (unpaired) electrons. The minimum Gasteiger partial charge on any atom is -0.497 e. The highest BCUT2D eigenvalue weighted by Crippen LogP contribution is 2.32. The maximum absolute atomic E-state index is 11.9. The third-order valence-corrected chi connectivity index (χ3v) is 4.00. The van der Waals surface area contributed by atoms with Crippen LogP contribution in [0.2, 0.25) is 0 Å². The second kappa shape index (κ2) is 6.05. The maximum atomic E-state index is 11.9. The summed E-state index contributed by atoms with van der Waals surface area (Å²) in [7, 11) is 1.65. The van der Waals surface area contributed by atoms with Crippen molar-refractivity contribution >= 4 is 5.91 Å². The van der Waals surface area contributed by atoms with E-state index < -0.39 is 0 Å². The molecule has 1 atom stereocenters. The van der Waals surface area contributed by atoms with Crippen LogP contribution in [-0.4, -0.2) is 34.4 Å². The number of hydrogen-bond donors (Lipinski definition) is 1. The third-order valence-electron chi connectivity index (χ3n) is 4.00. The van der Waals surface area contributed by atoms with Gasteiger partial charge in [-0.2, -0.15) is 0 Å². The number of aromatic nitrogens is 2. The van der Waals surface area contributed by atoms with Crippen LogP contribution in [0.4, 0.5) is 0 Å². The second-order valence-electron chi connectivity index (χ2n) is 5.31. The minimum atomic E-state index is -0.0400. The van der Waals surface area contributed by atoms with Gasteiger partial charge in [-0.25, -0.2) is 4.98 Å². The van der Waals surface area contributed by atoms with E-state index in [1.165, 1.54) is 6.08 Å². The van der Waals surface area contributed by atoms with E-state index in [2.05, 4.69) is 16.5 Å². The lowest BCUT2D eigenvalue weighted by Crippen LogP contribution is -2.29. The number of imidazole rings is 1. The Hall–Kier alpha value is -2.56. The number of hydrogen-bond acceptors (Lipinski definition) is 3. The zero-order chi connectivity index (χ0) is 15.5. The van der Waals surface area contributed by atoms with Crippen molar-refractivity contribution in [2.24, 2.45) is 0 Å². The fourth-order valence-electron chi connectivity index (χ4n) is 2.88. The molecule has 114 valence electrons. The van der Waals surface area contributed by atoms with Crippen LogP contribution in [0.15, 0.2) is 43.1 Å². The van der Waals surface area contributed by atoms with E-state index in [1.807, 2.05) is 29.2 Å². The summed E-state index contributed by atoms with van der Waals surface area (Å²) in [6, 6.07) is 7.81. The fourth-order valence-corrected chi connectivity index (χ4v) is 2.88. The van der Waals surface area contributed by atoms with Gasteiger partial charge in [-0.15, -0.1) is 0 Å². The van der Waals surface area contributed by atoms with E-state index in [0.29, 0.717) is 0 Å². The van der Waals surface area contributed by atoms with Crippen LogP contribution in [0.3, 0.4) is 0 Å². The number of methoxy groups -OCH3 is 1. The van der Waals surface area contributed by atoms with E-state index in [4.69, 9.17) is 4.74 Å². The average molecular weight is 297 g/mol. The maximum Gasteiger partial charge on any atom is 0.246 e. The first-order valence-electron chi connectivity index (χ1n) is 7.35. The Morgan fingerprint density at radius 3 is 3.18 bits per heavy atom. The molecule has 2 heterocycles. The number of H-pyrrole nitrogens is 1. The normalized spacial score (nSPS) is 17.5. The highest BCUT2D eigenvalue weighted by Gasteiger charge is 2.30. The molecule has 5 heteroatoms. The quantitative estimate of drug-likeness (QED) is 0.883. The summed E-state index contributed by atoms with van der Waals surface area (Å²) in [4.78, 5) is 21.5. The Kier molecular flexibility index (Phi) is 3.96. The number of likely N-dealkylation sites (tertiary alicyclic amines) is 1. The van der Waals surface area contributed by atoms with Gasteiger partial charge in [-0.3, -0.25) is 4.79 Å². The Morgan fingerprint density at radius 1 is 1.55 bits per heavy atom. The monoisotopic (exact) mass is 297 g/mol. The van der Waals surface area contributed by atoms with Crippen LogP contribution in [-0.2, 0) is 4.79 Å². The minimum absolute atomic E-state index is 0.00450. The van der Waals surface area contributed by atoms with Gasteiger partial charge >= 0.3 is 0 Å². The molecule has 1 aromatic heterocycles. The van der Waals surface area contributed by atoms with Gasteiger partial charge < -0.3 is 14.6 Å². The predicted molar refractivity (Wildman–Crippen MR) is 84.5 cm³/mol. The Labute approximate surface area is 129 Å². The molecule has 0 bridgehead atoms. The van der Waals surface area contributed by atoms with Crippen LogP contribution in [0.1, 0.15) is 24.7 Å². The lowest BCUT2D eigenvalue weighted by atomic mass is 10.1. The molecule has 3 rings (SSSR count). The van der Waals surface area contributed by atoms with Crippen molar-refractivity contribution < 1.29 is 9.53 Å². The van der Waals surface area contributed by atoms with E-state index in [9.17, 15) is 4.79 Å². The highest BCUT2D eigenvalue weighted by molar-refractivity contribution is 5.87. The van der Waals surface area contributed by atoms with E-state index in [-0.39, 0.29) is 11.9 Å². The number of benzene rings is 1. The number of nitrogens with zero attached hydrogens (tertiary/aromatic N) is 2. The summed E-state index contributed by atoms with van der Waals surface area (Å²) in [5, 5.41) is 0. The molecule has 1 amide bonds. The predicted octanol–water partition coefficient (Wildman–Crippen LogP) is 2.93. The molecule has 0 saturated carbocycles. The Morgan fingerprint density at radius 2 is 2.41 bits per heavy atom. The highest BCUT2D eigenvalue weighted by atomic mass is 16.5. The molecule has 1 aromatic carbocycles. The lowest BCUT2D eigenvalue weighted by molar-refractivity contribution is -0.127. The van der Waals surface area contributed by atoms with Gasteiger partial charge in [0, 0.05) is 12.1 Å². The zero-order valence-corrected chi connectivity index (χ0v) is 12.6. The van der Waals surface area contributed by atoms with E-state index in [1.54, 1.807) is 13.3 Å². The van der Waals surface area contributed by atoms with Crippen LogP contribution in [0.25, 0.3) is 11.3 Å². The lowest BCUT2D eigenvalue weighted by Gasteiger charge is -2.21. The van der Waals surface area contributed by atoms with Crippen LogP contribution >= 0.6 is 0 Å². The molecule has 0 spiro atoms. The van der Waals surface area contributed by atoms with Crippen LogP contribution in [0.5, 0.6) is 5.75 Å². The molecule has 1 unspecified atom stereocenters. The van der Waals surface area contributed by atoms with Crippen LogP contribution < -0.4 is 4.74 Å². The Bertz CT molecular complexity index is 693. The fraction of sp³-hybridized carbons (Fsp3) is 0.294. The number of ether oxygens (including phenoxy) is 1. The molecule has 2 aromatic rings. The van der Waals surface area contributed by atoms with Crippen LogP contribution in [0, 0.1) is 0 Å². The SMILES string of the molecule is C=CC(=O)N1CCCC1c1ncc(-c2cccc(OC)c2)[nH]1. The molecule has 5 nitrogen and oxygen atoms in total. The van der Waals surface area contributed by atoms with Crippen molar-refractivity contribution in [2.45, 2.75) is 18.9 Å². The summed E-state index contributed by atoms with van der Waals surface area (Å²) in [5.41, 5.74) is 1.93. The standard InChI is InChI=1S/C17H19N3O2/c1-3-16(21)20-9-5-8-15(20)17-18-11-14(19-17)12-6-4-7-13(10-12)22-2/h3-4,6-7,10-11,15H,1,5,8-9H2,2H3,(H,18,19). The molecule has 1 saturated heterocycles. The Balaban J connectivity index is 1.87. The zero-order valence-electron chi connectivity index (χ0n) is 12.6. The molecular weight excluding hydrogens is 278 g/mol. The van der Waals surface area contributed by atoms with Gasteiger partial charge in [0.2, 0.25) is 5.91 Å². The number of carbonyl (C=O) groups is 1. The molecule has 0 aliphatic carbocycles. The van der Waals surface area contributed by atoms with Crippen molar-refractivity contribution in [2.75, 3.05) is 13.7 Å². The van der Waals surface area contributed by atoms with Gasteiger partial charge in [0.1, 0.15) is 11.6 Å². The van der Waals surface area contributed by atoms with Gasteiger partial charge in [0.25, 0.3) is 0 Å². The van der Waals surface area contributed by atoms with E-state index >= 15 is 0 Å². The van der Waals surface area contributed by atoms with Crippen molar-refractivity contribution in [3.05, 3.63) is 48.9 Å². The van der Waals surface area contributed by atoms with Crippen molar-refractivity contribution in [1.82, 2.24) is 14.9 Å². The second-order valence-corrected chi connectivity index (χ2v) is 5.31. The van der Waals surface area contributed by atoms with Crippen molar-refractivity contribution in [1.29, 1.82) is 0 Å². The molecule has 1 aliphatic heterocycles. The van der Waals surface area contributed by atoms with Crippen molar-refractivity contribution in [3.63, 3.8) is 0 Å². The van der Waals surface area contributed by atoms with E-state index in [0.717, 1.165) is 42.2 Å². The molecule has 1 N–H and O–H groups in total. The van der Waals surface area contributed by atoms with Gasteiger partial charge in [-0.05, 0) is 31.1 Å². The average Bonchev–Trinajstić information content (AvgIpc) is 3.22. The summed E-state index contributed by atoms with van der Waals surface area (Å²) >= 11 is 0. The number of aromatic amines is 1. The summed E-state index contributed by atoms with van der Waals surface area (Å²) < 4.78 is 5.25. The first-order chi connectivity index (χ1) is 10.7. The van der Waals surface area contributed by atoms with Crippen molar-refractivity contribution in [3.8, 4) is 17.0 Å². The number of carbonyl (C=O) groups excluding carboxylic acids is 1. The van der Waals surface area contributed by atoms with Gasteiger partial charge in [-0.1, -0.05) is 18.7 Å². The summed E-state index contributed by atoms with van der Waals surface area (Å²) in [6.07, 6.45) is 5.08. The number of amides is 1. The smallest absolute Gasteiger partial charge is 0.246 e. The number of nitrogens with one attached hydrogen (secondary N) is 1. The first-order valence-corrected chi connectivity index (χ1v) is 7.35. The topological polar surface area (TPSA) is 58.2 Å². The largest absolute Gasteiger partial charge is 0.497 e. The number of rotatable bonds is 4. The van der Waals surface area contributed by atoms with Gasteiger partial charge in [0.15, 0.2) is 0 Å². The molecule has 1 fully saturated rings. The summed E-state index contributed by atoms with van der Waals surface area (Å²) in [6.45, 7) is 4.32. The first kappa shape index (κ1) is 14.4. The van der Waals surface area contributed by atoms with Gasteiger partial charge in [0.05, 0.1) is 25.0 Å². The molecule has 1 aliphatic rings. The molecular formula is C17H19N3O2. The third kappa shape index (κ3) is 2.62. The molecule has 22 heavy (non-hydrogen) atoms.